The Morgan fingerprint density at radius 2 is 1.81 bits per heavy atom. The van der Waals surface area contributed by atoms with Crippen molar-refractivity contribution in [2.75, 3.05) is 6.61 Å². The fourth-order valence-electron chi connectivity index (χ4n) is 1.28. The Balaban J connectivity index is 2.70. The Labute approximate surface area is 96.8 Å². The first-order valence-electron chi connectivity index (χ1n) is 5.48. The molecule has 0 spiro atoms. The zero-order valence-electron chi connectivity index (χ0n) is 10.3. The number of carbonyl (C=O) groups is 1. The Bertz CT molecular complexity index is 349. The normalized spacial score (nSPS) is 11.0. The summed E-state index contributed by atoms with van der Waals surface area (Å²) < 4.78 is 5.31. The molecule has 0 saturated heterocycles. The van der Waals surface area contributed by atoms with Crippen LogP contribution in [0.5, 0.6) is 5.75 Å². The van der Waals surface area contributed by atoms with Crippen LogP contribution < -0.4 is 10.1 Å². The van der Waals surface area contributed by atoms with Crippen molar-refractivity contribution in [2.24, 2.45) is 0 Å². The fourth-order valence-corrected chi connectivity index (χ4v) is 1.28. The smallest absolute Gasteiger partial charge is 0.251 e. The van der Waals surface area contributed by atoms with E-state index < -0.39 is 0 Å². The van der Waals surface area contributed by atoms with Crippen molar-refractivity contribution in [1.29, 1.82) is 0 Å². The molecular formula is C13H19NO2. The third-order valence-electron chi connectivity index (χ3n) is 1.92. The van der Waals surface area contributed by atoms with E-state index in [1.54, 1.807) is 24.3 Å². The first kappa shape index (κ1) is 12.6. The van der Waals surface area contributed by atoms with Gasteiger partial charge in [0.1, 0.15) is 5.75 Å². The lowest BCUT2D eigenvalue weighted by Crippen LogP contribution is -2.40. The van der Waals surface area contributed by atoms with E-state index in [0.29, 0.717) is 12.2 Å². The maximum Gasteiger partial charge on any atom is 0.251 e. The van der Waals surface area contributed by atoms with Gasteiger partial charge in [-0.25, -0.2) is 0 Å². The molecule has 0 heterocycles. The van der Waals surface area contributed by atoms with Gasteiger partial charge in [-0.3, -0.25) is 4.79 Å². The summed E-state index contributed by atoms with van der Waals surface area (Å²) in [7, 11) is 0. The zero-order chi connectivity index (χ0) is 12.2. The summed E-state index contributed by atoms with van der Waals surface area (Å²) in [5.74, 6) is 0.727. The standard InChI is InChI=1S/C13H19NO2/c1-5-16-11-8-6-10(7-9-11)12(15)14-13(2,3)4/h6-9H,5H2,1-4H3,(H,14,15). The topological polar surface area (TPSA) is 38.3 Å². The molecule has 1 aromatic carbocycles. The van der Waals surface area contributed by atoms with Crippen molar-refractivity contribution in [3.05, 3.63) is 29.8 Å². The average molecular weight is 221 g/mol. The molecule has 0 saturated carbocycles. The molecule has 0 fully saturated rings. The van der Waals surface area contributed by atoms with Gasteiger partial charge in [0.2, 0.25) is 0 Å². The van der Waals surface area contributed by atoms with Gasteiger partial charge in [0.15, 0.2) is 0 Å². The molecule has 0 atom stereocenters. The highest BCUT2D eigenvalue weighted by Gasteiger charge is 2.14. The lowest BCUT2D eigenvalue weighted by molar-refractivity contribution is 0.0919. The Morgan fingerprint density at radius 1 is 1.25 bits per heavy atom. The van der Waals surface area contributed by atoms with Gasteiger partial charge in [0.25, 0.3) is 5.91 Å². The Kier molecular flexibility index (Phi) is 3.93. The summed E-state index contributed by atoms with van der Waals surface area (Å²) in [4.78, 5) is 11.8. The van der Waals surface area contributed by atoms with Crippen molar-refractivity contribution in [2.45, 2.75) is 33.2 Å². The maximum absolute atomic E-state index is 11.8. The zero-order valence-corrected chi connectivity index (χ0v) is 10.3. The van der Waals surface area contributed by atoms with Crippen molar-refractivity contribution < 1.29 is 9.53 Å². The monoisotopic (exact) mass is 221 g/mol. The second-order valence-corrected chi connectivity index (χ2v) is 4.66. The Hall–Kier alpha value is -1.51. The van der Waals surface area contributed by atoms with Gasteiger partial charge >= 0.3 is 0 Å². The highest BCUT2D eigenvalue weighted by molar-refractivity contribution is 5.94. The number of rotatable bonds is 3. The SMILES string of the molecule is CCOc1ccc(C(=O)NC(C)(C)C)cc1. The van der Waals surface area contributed by atoms with E-state index in [-0.39, 0.29) is 11.4 Å². The first-order valence-corrected chi connectivity index (χ1v) is 5.48. The van der Waals surface area contributed by atoms with E-state index >= 15 is 0 Å². The average Bonchev–Trinajstić information content (AvgIpc) is 2.16. The summed E-state index contributed by atoms with van der Waals surface area (Å²) in [6.07, 6.45) is 0. The molecule has 0 aliphatic heterocycles. The van der Waals surface area contributed by atoms with Gasteiger partial charge in [0, 0.05) is 11.1 Å². The highest BCUT2D eigenvalue weighted by atomic mass is 16.5. The van der Waals surface area contributed by atoms with Gasteiger partial charge in [-0.1, -0.05) is 0 Å². The molecule has 1 amide bonds. The van der Waals surface area contributed by atoms with Gasteiger partial charge in [-0.05, 0) is 52.0 Å². The largest absolute Gasteiger partial charge is 0.494 e. The molecule has 16 heavy (non-hydrogen) atoms. The molecule has 3 nitrogen and oxygen atoms in total. The van der Waals surface area contributed by atoms with Gasteiger partial charge in [-0.2, -0.15) is 0 Å². The number of hydrogen-bond donors (Lipinski definition) is 1. The van der Waals surface area contributed by atoms with Crippen LogP contribution in [0.1, 0.15) is 38.1 Å². The number of nitrogens with one attached hydrogen (secondary N) is 1. The quantitative estimate of drug-likeness (QED) is 0.852. The Morgan fingerprint density at radius 3 is 2.25 bits per heavy atom. The number of amides is 1. The van der Waals surface area contributed by atoms with Crippen LogP contribution in [-0.2, 0) is 0 Å². The predicted molar refractivity (Wildman–Crippen MR) is 64.8 cm³/mol. The second kappa shape index (κ2) is 5.01. The molecule has 0 aliphatic rings. The molecule has 88 valence electrons. The van der Waals surface area contributed by atoms with E-state index in [1.807, 2.05) is 27.7 Å². The summed E-state index contributed by atoms with van der Waals surface area (Å²) >= 11 is 0. The third kappa shape index (κ3) is 3.93. The molecule has 0 aromatic heterocycles. The molecular weight excluding hydrogens is 202 g/mol. The summed E-state index contributed by atoms with van der Waals surface area (Å²) in [5, 5.41) is 2.91. The van der Waals surface area contributed by atoms with Crippen LogP contribution in [0, 0.1) is 0 Å². The third-order valence-corrected chi connectivity index (χ3v) is 1.92. The number of ether oxygens (including phenoxy) is 1. The number of benzene rings is 1. The van der Waals surface area contributed by atoms with E-state index in [0.717, 1.165) is 5.75 Å². The van der Waals surface area contributed by atoms with Crippen LogP contribution in [0.25, 0.3) is 0 Å². The van der Waals surface area contributed by atoms with Gasteiger partial charge in [-0.15, -0.1) is 0 Å². The summed E-state index contributed by atoms with van der Waals surface area (Å²) in [6.45, 7) is 8.44. The van der Waals surface area contributed by atoms with E-state index in [9.17, 15) is 4.79 Å². The van der Waals surface area contributed by atoms with Crippen molar-refractivity contribution >= 4 is 5.91 Å². The van der Waals surface area contributed by atoms with Crippen molar-refractivity contribution in [3.63, 3.8) is 0 Å². The molecule has 1 aromatic rings. The van der Waals surface area contributed by atoms with Crippen LogP contribution in [0.3, 0.4) is 0 Å². The lowest BCUT2D eigenvalue weighted by atomic mass is 10.1. The van der Waals surface area contributed by atoms with E-state index in [4.69, 9.17) is 4.74 Å². The van der Waals surface area contributed by atoms with Crippen LogP contribution in [0.2, 0.25) is 0 Å². The maximum atomic E-state index is 11.8. The molecule has 0 unspecified atom stereocenters. The second-order valence-electron chi connectivity index (χ2n) is 4.66. The molecule has 3 heteroatoms. The first-order chi connectivity index (χ1) is 7.42. The van der Waals surface area contributed by atoms with Crippen LogP contribution >= 0.6 is 0 Å². The van der Waals surface area contributed by atoms with Gasteiger partial charge in [0.05, 0.1) is 6.61 Å². The molecule has 0 bridgehead atoms. The minimum atomic E-state index is -0.213. The molecule has 0 aliphatic carbocycles. The molecule has 0 radical (unpaired) electrons. The van der Waals surface area contributed by atoms with Crippen molar-refractivity contribution in [3.8, 4) is 5.75 Å². The van der Waals surface area contributed by atoms with E-state index in [1.165, 1.54) is 0 Å². The molecule has 1 N–H and O–H groups in total. The van der Waals surface area contributed by atoms with Crippen LogP contribution in [-0.4, -0.2) is 18.1 Å². The fraction of sp³-hybridized carbons (Fsp3) is 0.462. The highest BCUT2D eigenvalue weighted by Crippen LogP contribution is 2.12. The molecule has 1 rings (SSSR count). The minimum Gasteiger partial charge on any atom is -0.494 e. The summed E-state index contributed by atoms with van der Waals surface area (Å²) in [6, 6.07) is 7.15. The summed E-state index contributed by atoms with van der Waals surface area (Å²) in [5.41, 5.74) is 0.439. The number of hydrogen-bond acceptors (Lipinski definition) is 2. The minimum absolute atomic E-state index is 0.0597. The van der Waals surface area contributed by atoms with E-state index in [2.05, 4.69) is 5.32 Å². The van der Waals surface area contributed by atoms with Crippen molar-refractivity contribution in [1.82, 2.24) is 5.32 Å². The van der Waals surface area contributed by atoms with Gasteiger partial charge < -0.3 is 10.1 Å². The van der Waals surface area contributed by atoms with Crippen LogP contribution in [0.4, 0.5) is 0 Å². The lowest BCUT2D eigenvalue weighted by Gasteiger charge is -2.20. The van der Waals surface area contributed by atoms with Crippen LogP contribution in [0.15, 0.2) is 24.3 Å². The number of carbonyl (C=O) groups excluding carboxylic acids is 1. The predicted octanol–water partition coefficient (Wildman–Crippen LogP) is 2.61.